The van der Waals surface area contributed by atoms with E-state index in [1.165, 1.54) is 30.3 Å². The van der Waals surface area contributed by atoms with Crippen molar-refractivity contribution in [3.05, 3.63) is 94.8 Å². The molecule has 3 rings (SSSR count). The van der Waals surface area contributed by atoms with Gasteiger partial charge in [-0.25, -0.2) is 12.8 Å². The van der Waals surface area contributed by atoms with Crippen molar-refractivity contribution in [3.63, 3.8) is 0 Å². The summed E-state index contributed by atoms with van der Waals surface area (Å²) in [6, 6.07) is 17.8. The van der Waals surface area contributed by atoms with Crippen molar-refractivity contribution in [1.29, 1.82) is 0 Å². The van der Waals surface area contributed by atoms with Crippen LogP contribution in [0.2, 0.25) is 5.02 Å². The molecule has 9 heteroatoms. The van der Waals surface area contributed by atoms with E-state index in [0.29, 0.717) is 17.9 Å². The molecule has 0 fully saturated rings. The van der Waals surface area contributed by atoms with Crippen LogP contribution in [0.4, 0.5) is 4.39 Å². The molecule has 0 spiro atoms. The van der Waals surface area contributed by atoms with Crippen molar-refractivity contribution >= 4 is 27.5 Å². The number of hydrogen-bond donors (Lipinski definition) is 2. The Balaban J connectivity index is 1.80. The Bertz CT molecular complexity index is 1190. The predicted molar refractivity (Wildman–Crippen MR) is 125 cm³/mol. The topological polar surface area (TPSA) is 84.5 Å². The molecule has 0 aliphatic heterocycles. The number of amides is 1. The third-order valence-electron chi connectivity index (χ3n) is 4.79. The van der Waals surface area contributed by atoms with Crippen LogP contribution in [0.3, 0.4) is 0 Å². The van der Waals surface area contributed by atoms with E-state index in [2.05, 4.69) is 10.0 Å². The second-order valence-corrected chi connectivity index (χ2v) is 9.35. The van der Waals surface area contributed by atoms with Gasteiger partial charge < -0.3 is 10.1 Å². The van der Waals surface area contributed by atoms with Crippen LogP contribution in [0.1, 0.15) is 18.1 Å². The molecular weight excluding hydrogens is 467 g/mol. The number of nitrogens with one attached hydrogen (secondary N) is 2. The highest BCUT2D eigenvalue weighted by Gasteiger charge is 2.26. The van der Waals surface area contributed by atoms with Crippen LogP contribution in [-0.2, 0) is 27.8 Å². The maximum Gasteiger partial charge on any atom is 0.241 e. The molecule has 1 atom stereocenters. The summed E-state index contributed by atoms with van der Waals surface area (Å²) in [6.07, 6.45) is 0.139. The van der Waals surface area contributed by atoms with Crippen molar-refractivity contribution in [3.8, 4) is 5.75 Å². The molecular formula is C24H24ClFN2O4S. The van der Waals surface area contributed by atoms with Gasteiger partial charge in [0.05, 0.1) is 16.5 Å². The van der Waals surface area contributed by atoms with Gasteiger partial charge >= 0.3 is 0 Å². The fourth-order valence-electron chi connectivity index (χ4n) is 3.13. The largest absolute Gasteiger partial charge is 0.492 e. The van der Waals surface area contributed by atoms with E-state index in [1.54, 1.807) is 19.1 Å². The number of hydrogen-bond acceptors (Lipinski definition) is 4. The molecule has 1 unspecified atom stereocenters. The van der Waals surface area contributed by atoms with Crippen molar-refractivity contribution in [2.75, 3.05) is 6.61 Å². The van der Waals surface area contributed by atoms with Crippen LogP contribution < -0.4 is 14.8 Å². The zero-order chi connectivity index (χ0) is 23.8. The lowest BCUT2D eigenvalue weighted by molar-refractivity contribution is -0.122. The first-order valence-electron chi connectivity index (χ1n) is 10.3. The molecule has 0 heterocycles. The van der Waals surface area contributed by atoms with Gasteiger partial charge in [-0.2, -0.15) is 4.72 Å². The highest BCUT2D eigenvalue weighted by Crippen LogP contribution is 2.27. The molecule has 1 amide bonds. The quantitative estimate of drug-likeness (QED) is 0.448. The molecule has 0 bridgehead atoms. The van der Waals surface area contributed by atoms with E-state index in [-0.39, 0.29) is 28.7 Å². The third kappa shape index (κ3) is 7.02. The van der Waals surface area contributed by atoms with Gasteiger partial charge in [-0.1, -0.05) is 54.1 Å². The van der Waals surface area contributed by atoms with Gasteiger partial charge in [-0.05, 0) is 54.8 Å². The molecule has 3 aromatic rings. The fraction of sp³-hybridized carbons (Fsp3) is 0.208. The number of benzene rings is 3. The normalized spacial score (nSPS) is 12.2. The number of carbonyl (C=O) groups excluding carboxylic acids is 1. The molecule has 0 saturated carbocycles. The van der Waals surface area contributed by atoms with Crippen LogP contribution in [0.5, 0.6) is 5.75 Å². The van der Waals surface area contributed by atoms with Crippen molar-refractivity contribution < 1.29 is 22.3 Å². The Labute approximate surface area is 197 Å². The zero-order valence-electron chi connectivity index (χ0n) is 17.9. The number of ether oxygens (including phenoxy) is 1. The number of halogens is 2. The minimum atomic E-state index is -4.07. The molecule has 2 N–H and O–H groups in total. The first-order valence-corrected chi connectivity index (χ1v) is 12.2. The highest BCUT2D eigenvalue weighted by molar-refractivity contribution is 7.89. The second kappa shape index (κ2) is 11.3. The fourth-order valence-corrected chi connectivity index (χ4v) is 4.65. The standard InChI is InChI=1S/C24H24ClFN2O4S/c1-2-32-23-13-12-20(15-21(23)25)33(30,31)28-22(14-17-6-4-3-5-7-17)24(29)27-16-18-8-10-19(26)11-9-18/h3-13,15,22,28H,2,14,16H2,1H3,(H,27,29). The molecule has 3 aromatic carbocycles. The lowest BCUT2D eigenvalue weighted by atomic mass is 10.1. The van der Waals surface area contributed by atoms with Crippen molar-refractivity contribution in [1.82, 2.24) is 10.0 Å². The number of rotatable bonds is 10. The molecule has 0 radical (unpaired) electrons. The Morgan fingerprint density at radius 3 is 2.36 bits per heavy atom. The summed E-state index contributed by atoms with van der Waals surface area (Å²) in [5.74, 6) is -0.520. The molecule has 33 heavy (non-hydrogen) atoms. The van der Waals surface area contributed by atoms with Gasteiger partial charge in [0.15, 0.2) is 0 Å². The smallest absolute Gasteiger partial charge is 0.241 e. The van der Waals surface area contributed by atoms with Gasteiger partial charge in [0.25, 0.3) is 0 Å². The Morgan fingerprint density at radius 2 is 1.73 bits per heavy atom. The SMILES string of the molecule is CCOc1ccc(S(=O)(=O)NC(Cc2ccccc2)C(=O)NCc2ccc(F)cc2)cc1Cl. The van der Waals surface area contributed by atoms with E-state index < -0.39 is 22.0 Å². The Kier molecular flexibility index (Phi) is 8.43. The molecule has 0 saturated heterocycles. The molecule has 6 nitrogen and oxygen atoms in total. The van der Waals surface area contributed by atoms with E-state index in [1.807, 2.05) is 30.3 Å². The first-order chi connectivity index (χ1) is 15.8. The summed E-state index contributed by atoms with van der Waals surface area (Å²) < 4.78 is 47.0. The Hall–Kier alpha value is -2.94. The van der Waals surface area contributed by atoms with E-state index in [0.717, 1.165) is 5.56 Å². The van der Waals surface area contributed by atoms with Gasteiger partial charge in [-0.3, -0.25) is 4.79 Å². The van der Waals surface area contributed by atoms with Gasteiger partial charge in [0.2, 0.25) is 15.9 Å². The zero-order valence-corrected chi connectivity index (χ0v) is 19.5. The predicted octanol–water partition coefficient (Wildman–Crippen LogP) is 4.08. The summed E-state index contributed by atoms with van der Waals surface area (Å²) in [6.45, 7) is 2.31. The maximum absolute atomic E-state index is 13.1. The van der Waals surface area contributed by atoms with Crippen LogP contribution in [0.25, 0.3) is 0 Å². The molecule has 0 aliphatic rings. The summed E-state index contributed by atoms with van der Waals surface area (Å²) in [5, 5.41) is 2.87. The van der Waals surface area contributed by atoms with Crippen molar-refractivity contribution in [2.45, 2.75) is 30.8 Å². The number of sulfonamides is 1. The molecule has 0 aromatic heterocycles. The summed E-state index contributed by atoms with van der Waals surface area (Å²) in [4.78, 5) is 12.9. The van der Waals surface area contributed by atoms with Gasteiger partial charge in [0.1, 0.15) is 17.6 Å². The van der Waals surface area contributed by atoms with Gasteiger partial charge in [0, 0.05) is 6.54 Å². The maximum atomic E-state index is 13.1. The summed E-state index contributed by atoms with van der Waals surface area (Å²) in [7, 11) is -4.07. The third-order valence-corrected chi connectivity index (χ3v) is 6.55. The minimum Gasteiger partial charge on any atom is -0.492 e. The monoisotopic (exact) mass is 490 g/mol. The second-order valence-electron chi connectivity index (χ2n) is 7.23. The van der Waals surface area contributed by atoms with E-state index in [9.17, 15) is 17.6 Å². The lowest BCUT2D eigenvalue weighted by Gasteiger charge is -2.19. The Morgan fingerprint density at radius 1 is 1.03 bits per heavy atom. The summed E-state index contributed by atoms with van der Waals surface area (Å²) >= 11 is 6.15. The van der Waals surface area contributed by atoms with E-state index >= 15 is 0 Å². The van der Waals surface area contributed by atoms with Gasteiger partial charge in [-0.15, -0.1) is 0 Å². The van der Waals surface area contributed by atoms with Crippen LogP contribution in [-0.4, -0.2) is 27.0 Å². The average Bonchev–Trinajstić information content (AvgIpc) is 2.80. The average molecular weight is 491 g/mol. The molecule has 174 valence electrons. The highest BCUT2D eigenvalue weighted by atomic mass is 35.5. The van der Waals surface area contributed by atoms with E-state index in [4.69, 9.17) is 16.3 Å². The minimum absolute atomic E-state index is 0.0830. The lowest BCUT2D eigenvalue weighted by Crippen LogP contribution is -2.47. The van der Waals surface area contributed by atoms with Crippen LogP contribution in [0.15, 0.2) is 77.7 Å². The van der Waals surface area contributed by atoms with Crippen molar-refractivity contribution in [2.24, 2.45) is 0 Å². The first kappa shape index (κ1) is 24.7. The van der Waals surface area contributed by atoms with Crippen LogP contribution >= 0.6 is 11.6 Å². The molecule has 0 aliphatic carbocycles. The summed E-state index contributed by atoms with van der Waals surface area (Å²) in [5.41, 5.74) is 1.47. The van der Waals surface area contributed by atoms with Crippen LogP contribution in [0, 0.1) is 5.82 Å². The number of carbonyl (C=O) groups is 1.